The van der Waals surface area contributed by atoms with Crippen LogP contribution in [0, 0.1) is 5.92 Å². The third-order valence-electron chi connectivity index (χ3n) is 12.5. The summed E-state index contributed by atoms with van der Waals surface area (Å²) in [4.78, 5) is 13.1. The first kappa shape index (κ1) is 54.9. The van der Waals surface area contributed by atoms with Crippen molar-refractivity contribution < 1.29 is 59.9 Å². The molecule has 0 spiro atoms. The van der Waals surface area contributed by atoms with Gasteiger partial charge in [0.25, 0.3) is 0 Å². The minimum absolute atomic E-state index is 0.0569. The lowest BCUT2D eigenvalue weighted by Crippen LogP contribution is -2.63. The molecule has 0 radical (unpaired) electrons. The fourth-order valence-corrected chi connectivity index (χ4v) is 8.46. The SMILES string of the molecule is CCCCCCCCCCCC/C=C/C(O)C(CO[C@@H]1O[C@H](CO)[C@@H](O[C@@H]2C[C@H](CO)[C@H](O)[C@H](O)[C@H]2O)[C@H](O)[C@H]1O)NC(=O)CCCCCCCCCCCCCCCC. The van der Waals surface area contributed by atoms with Crippen molar-refractivity contribution in [3.63, 3.8) is 0 Å². The Morgan fingerprint density at radius 1 is 0.650 bits per heavy atom. The maximum atomic E-state index is 13.1. The van der Waals surface area contributed by atoms with Crippen LogP contribution in [0.5, 0.6) is 0 Å². The van der Waals surface area contributed by atoms with Gasteiger partial charge in [0.2, 0.25) is 5.91 Å². The molecule has 9 N–H and O–H groups in total. The standard InChI is InChI=1S/C47H89NO12/c1-3-5-7-9-11-13-15-17-18-20-22-24-26-28-30-40(52)48-36(37(51)29-27-25-23-21-19-16-14-12-10-8-6-4-2)34-58-47-45(57)44(56)46(39(33-50)60-47)59-38-31-35(32-49)41(53)43(55)42(38)54/h27,29,35-39,41-47,49-51,53-57H,3-26,28,30-34H2,1-2H3,(H,48,52)/b29-27+/t35-,36?,37?,38-,39-,41+,42+,43+,44-,45-,46-,47-/m1/s1. The summed E-state index contributed by atoms with van der Waals surface area (Å²) in [5.74, 6) is -1.03. The van der Waals surface area contributed by atoms with Crippen LogP contribution in [0.15, 0.2) is 12.2 Å². The second-order valence-electron chi connectivity index (χ2n) is 17.7. The molecule has 2 fully saturated rings. The molecule has 0 aromatic rings. The minimum atomic E-state index is -1.68. The molecule has 2 rings (SSSR count). The third kappa shape index (κ3) is 21.9. The molecule has 1 heterocycles. The summed E-state index contributed by atoms with van der Waals surface area (Å²) in [6.45, 7) is 3.07. The highest BCUT2D eigenvalue weighted by atomic mass is 16.7. The molecule has 2 aliphatic rings. The van der Waals surface area contributed by atoms with E-state index in [0.29, 0.717) is 6.42 Å². The Bertz CT molecular complexity index is 1070. The summed E-state index contributed by atoms with van der Waals surface area (Å²) < 4.78 is 17.6. The van der Waals surface area contributed by atoms with Gasteiger partial charge in [-0.05, 0) is 25.7 Å². The highest BCUT2D eigenvalue weighted by Gasteiger charge is 2.50. The molecule has 1 aliphatic heterocycles. The summed E-state index contributed by atoms with van der Waals surface area (Å²) in [5, 5.41) is 87.1. The predicted molar refractivity (Wildman–Crippen MR) is 234 cm³/mol. The lowest BCUT2D eigenvalue weighted by atomic mass is 9.81. The molecule has 60 heavy (non-hydrogen) atoms. The number of hydrogen-bond donors (Lipinski definition) is 9. The van der Waals surface area contributed by atoms with Gasteiger partial charge >= 0.3 is 0 Å². The van der Waals surface area contributed by atoms with Crippen LogP contribution in [0.4, 0.5) is 0 Å². The number of allylic oxidation sites excluding steroid dienone is 1. The van der Waals surface area contributed by atoms with E-state index in [1.807, 2.05) is 6.08 Å². The molecule has 1 amide bonds. The molecule has 13 heteroatoms. The largest absolute Gasteiger partial charge is 0.396 e. The highest BCUT2D eigenvalue weighted by molar-refractivity contribution is 5.76. The summed E-state index contributed by atoms with van der Waals surface area (Å²) in [7, 11) is 0. The van der Waals surface area contributed by atoms with Gasteiger partial charge in [-0.25, -0.2) is 0 Å². The lowest BCUT2D eigenvalue weighted by molar-refractivity contribution is -0.321. The Morgan fingerprint density at radius 2 is 1.15 bits per heavy atom. The number of carbonyl (C=O) groups is 1. The zero-order valence-electron chi connectivity index (χ0n) is 37.5. The van der Waals surface area contributed by atoms with Crippen LogP contribution in [0.3, 0.4) is 0 Å². The van der Waals surface area contributed by atoms with Crippen molar-refractivity contribution in [3.05, 3.63) is 12.2 Å². The molecule has 0 aromatic carbocycles. The van der Waals surface area contributed by atoms with Gasteiger partial charge in [-0.1, -0.05) is 167 Å². The molecule has 0 aromatic heterocycles. The predicted octanol–water partition coefficient (Wildman–Crippen LogP) is 5.88. The summed E-state index contributed by atoms with van der Waals surface area (Å²) in [6.07, 6.45) is 19.7. The molecular formula is C47H89NO12. The number of rotatable bonds is 36. The Morgan fingerprint density at radius 3 is 1.65 bits per heavy atom. The van der Waals surface area contributed by atoms with E-state index in [1.165, 1.54) is 116 Å². The first-order valence-corrected chi connectivity index (χ1v) is 24.3. The van der Waals surface area contributed by atoms with Crippen molar-refractivity contribution in [2.45, 2.75) is 254 Å². The summed E-state index contributed by atoms with van der Waals surface area (Å²) in [6, 6.07) is -0.886. The summed E-state index contributed by atoms with van der Waals surface area (Å²) >= 11 is 0. The molecule has 354 valence electrons. The fourth-order valence-electron chi connectivity index (χ4n) is 8.46. The van der Waals surface area contributed by atoms with Crippen LogP contribution in [0.25, 0.3) is 0 Å². The Balaban J connectivity index is 1.88. The van der Waals surface area contributed by atoms with E-state index in [0.717, 1.165) is 44.9 Å². The maximum absolute atomic E-state index is 13.1. The van der Waals surface area contributed by atoms with Gasteiger partial charge in [0.1, 0.15) is 36.6 Å². The molecule has 1 saturated carbocycles. The topological polar surface area (TPSA) is 219 Å². The quantitative estimate of drug-likeness (QED) is 0.0267. The van der Waals surface area contributed by atoms with Gasteiger partial charge in [0.05, 0.1) is 37.6 Å². The number of aliphatic hydroxyl groups is 8. The monoisotopic (exact) mass is 860 g/mol. The Kier molecular flexibility index (Phi) is 31.3. The van der Waals surface area contributed by atoms with E-state index in [2.05, 4.69) is 19.2 Å². The van der Waals surface area contributed by atoms with E-state index in [4.69, 9.17) is 14.2 Å². The number of carbonyl (C=O) groups excluding carboxylic acids is 1. The minimum Gasteiger partial charge on any atom is -0.396 e. The zero-order valence-corrected chi connectivity index (χ0v) is 37.5. The van der Waals surface area contributed by atoms with Crippen molar-refractivity contribution in [1.29, 1.82) is 0 Å². The fraction of sp³-hybridized carbons (Fsp3) is 0.936. The van der Waals surface area contributed by atoms with Gasteiger partial charge in [-0.3, -0.25) is 4.79 Å². The van der Waals surface area contributed by atoms with Crippen molar-refractivity contribution in [3.8, 4) is 0 Å². The van der Waals surface area contributed by atoms with Crippen LogP contribution in [0.1, 0.15) is 187 Å². The second-order valence-corrected chi connectivity index (χ2v) is 17.7. The van der Waals surface area contributed by atoms with Crippen molar-refractivity contribution in [2.75, 3.05) is 19.8 Å². The average Bonchev–Trinajstić information content (AvgIpc) is 3.24. The lowest BCUT2D eigenvalue weighted by Gasteiger charge is -2.46. The van der Waals surface area contributed by atoms with Crippen LogP contribution in [-0.2, 0) is 19.0 Å². The average molecular weight is 860 g/mol. The number of hydrogen-bond acceptors (Lipinski definition) is 12. The number of nitrogens with one attached hydrogen (secondary N) is 1. The van der Waals surface area contributed by atoms with Crippen LogP contribution >= 0.6 is 0 Å². The summed E-state index contributed by atoms with van der Waals surface area (Å²) in [5.41, 5.74) is 0. The molecule has 1 saturated heterocycles. The van der Waals surface area contributed by atoms with Crippen LogP contribution in [0.2, 0.25) is 0 Å². The van der Waals surface area contributed by atoms with Crippen molar-refractivity contribution >= 4 is 5.91 Å². The van der Waals surface area contributed by atoms with E-state index in [-0.39, 0.29) is 18.9 Å². The van der Waals surface area contributed by atoms with Gasteiger partial charge < -0.3 is 60.4 Å². The molecule has 12 atom stereocenters. The number of unbranched alkanes of at least 4 members (excludes halogenated alkanes) is 23. The first-order valence-electron chi connectivity index (χ1n) is 24.3. The van der Waals surface area contributed by atoms with Crippen molar-refractivity contribution in [2.24, 2.45) is 5.92 Å². The smallest absolute Gasteiger partial charge is 0.220 e. The normalized spacial score (nSPS) is 28.3. The van der Waals surface area contributed by atoms with Gasteiger partial charge in [0, 0.05) is 18.9 Å². The first-order chi connectivity index (χ1) is 29.1. The van der Waals surface area contributed by atoms with E-state index in [9.17, 15) is 45.6 Å². The molecule has 0 bridgehead atoms. The molecule has 2 unspecified atom stereocenters. The van der Waals surface area contributed by atoms with E-state index < -0.39 is 86.4 Å². The van der Waals surface area contributed by atoms with E-state index in [1.54, 1.807) is 6.08 Å². The van der Waals surface area contributed by atoms with Gasteiger partial charge in [-0.15, -0.1) is 0 Å². The maximum Gasteiger partial charge on any atom is 0.220 e. The molecule has 13 nitrogen and oxygen atoms in total. The second kappa shape index (κ2) is 34.2. The number of ether oxygens (including phenoxy) is 3. The van der Waals surface area contributed by atoms with Crippen LogP contribution in [-0.4, -0.2) is 134 Å². The number of aliphatic hydroxyl groups excluding tert-OH is 8. The Labute approximate surface area is 362 Å². The highest BCUT2D eigenvalue weighted by Crippen LogP contribution is 2.32. The zero-order chi connectivity index (χ0) is 44.0. The third-order valence-corrected chi connectivity index (χ3v) is 12.5. The Hall–Kier alpha value is -1.23. The number of amides is 1. The van der Waals surface area contributed by atoms with Crippen molar-refractivity contribution in [1.82, 2.24) is 5.32 Å². The van der Waals surface area contributed by atoms with Gasteiger partial charge in [-0.2, -0.15) is 0 Å². The molecule has 1 aliphatic carbocycles. The van der Waals surface area contributed by atoms with Gasteiger partial charge in [0.15, 0.2) is 6.29 Å². The van der Waals surface area contributed by atoms with Crippen LogP contribution < -0.4 is 5.32 Å². The molecular weight excluding hydrogens is 771 g/mol. The van der Waals surface area contributed by atoms with E-state index >= 15 is 0 Å².